The van der Waals surface area contributed by atoms with Crippen molar-refractivity contribution in [3.63, 3.8) is 0 Å². The van der Waals surface area contributed by atoms with Gasteiger partial charge in [0.15, 0.2) is 0 Å². The highest BCUT2D eigenvalue weighted by molar-refractivity contribution is 7.16. The number of hydrogen-bond donors (Lipinski definition) is 1. The molecule has 1 amide bonds. The van der Waals surface area contributed by atoms with Crippen LogP contribution in [0.2, 0.25) is 0 Å². The number of benzene rings is 2. The first kappa shape index (κ1) is 23.1. The summed E-state index contributed by atoms with van der Waals surface area (Å²) in [5, 5.41) is 3.72. The van der Waals surface area contributed by atoms with E-state index in [9.17, 15) is 9.18 Å². The molecule has 2 aromatic heterocycles. The van der Waals surface area contributed by atoms with Gasteiger partial charge in [-0.05, 0) is 90.9 Å². The second-order valence-electron chi connectivity index (χ2n) is 8.40. The molecular weight excluding hydrogens is 463 g/mol. The van der Waals surface area contributed by atoms with E-state index in [2.05, 4.69) is 5.32 Å². The summed E-state index contributed by atoms with van der Waals surface area (Å²) >= 11 is 1.61. The van der Waals surface area contributed by atoms with E-state index in [0.29, 0.717) is 24.5 Å². The molecule has 5 nitrogen and oxygen atoms in total. The highest BCUT2D eigenvalue weighted by Crippen LogP contribution is 2.40. The number of nitrogens with one attached hydrogen (secondary N) is 1. The number of nitrogens with zero attached hydrogens (tertiary/aromatic N) is 1. The van der Waals surface area contributed by atoms with Crippen LogP contribution in [0.15, 0.2) is 76.3 Å². The normalized spacial score (nSPS) is 13.1. The lowest BCUT2D eigenvalue weighted by Gasteiger charge is -2.12. The molecular formula is C28H25FN2O3S. The number of thiophene rings is 1. The molecule has 4 aromatic rings. The molecule has 0 fully saturated rings. The Bertz CT molecular complexity index is 1310. The molecule has 0 spiro atoms. The molecule has 5 rings (SSSR count). The Morgan fingerprint density at radius 3 is 2.66 bits per heavy atom. The molecule has 7 heteroatoms. The van der Waals surface area contributed by atoms with Gasteiger partial charge in [0.25, 0.3) is 5.91 Å². The van der Waals surface area contributed by atoms with E-state index in [4.69, 9.17) is 14.1 Å². The highest BCUT2D eigenvalue weighted by atomic mass is 32.1. The van der Waals surface area contributed by atoms with Crippen LogP contribution in [0.25, 0.3) is 0 Å². The first-order valence-corrected chi connectivity index (χ1v) is 12.4. The molecule has 2 heterocycles. The lowest BCUT2D eigenvalue weighted by molar-refractivity contribution is 0.0948. The topological polar surface area (TPSA) is 63.8 Å². The van der Waals surface area contributed by atoms with Crippen LogP contribution in [0.5, 0.6) is 5.75 Å². The lowest BCUT2D eigenvalue weighted by Crippen LogP contribution is -2.23. The smallest absolute Gasteiger partial charge is 0.255 e. The number of aryl methyl sites for hydroxylation is 1. The molecule has 2 aromatic carbocycles. The SMILES string of the molecule is O=C(NCc1ccco1)c1c(N=Cc2ccc(OCc3ccc(F)cc3)cc2)sc2c1CCCC2. The molecule has 0 bridgehead atoms. The molecule has 178 valence electrons. The fourth-order valence-electron chi connectivity index (χ4n) is 4.08. The van der Waals surface area contributed by atoms with Gasteiger partial charge < -0.3 is 14.5 Å². The molecule has 0 aliphatic heterocycles. The molecule has 1 N–H and O–H groups in total. The van der Waals surface area contributed by atoms with E-state index in [0.717, 1.165) is 53.1 Å². The van der Waals surface area contributed by atoms with Gasteiger partial charge in [0.1, 0.15) is 28.9 Å². The number of aliphatic imine (C=N–C) groups is 1. The van der Waals surface area contributed by atoms with Gasteiger partial charge in [0.05, 0.1) is 18.4 Å². The van der Waals surface area contributed by atoms with Crippen molar-refractivity contribution in [2.45, 2.75) is 38.8 Å². The van der Waals surface area contributed by atoms with Crippen molar-refractivity contribution in [1.29, 1.82) is 0 Å². The largest absolute Gasteiger partial charge is 0.489 e. The fourth-order valence-corrected chi connectivity index (χ4v) is 5.31. The zero-order chi connectivity index (χ0) is 24.0. The van der Waals surface area contributed by atoms with Crippen molar-refractivity contribution in [3.05, 3.63) is 106 Å². The molecule has 0 atom stereocenters. The van der Waals surface area contributed by atoms with Crippen LogP contribution in [-0.4, -0.2) is 12.1 Å². The average Bonchev–Trinajstić information content (AvgIpc) is 3.54. The van der Waals surface area contributed by atoms with E-state index in [1.807, 2.05) is 36.4 Å². The maximum Gasteiger partial charge on any atom is 0.255 e. The summed E-state index contributed by atoms with van der Waals surface area (Å²) in [7, 11) is 0. The predicted molar refractivity (Wildman–Crippen MR) is 135 cm³/mol. The number of fused-ring (bicyclic) bond motifs is 1. The Kier molecular flexibility index (Phi) is 7.04. The van der Waals surface area contributed by atoms with E-state index in [1.165, 1.54) is 17.0 Å². The summed E-state index contributed by atoms with van der Waals surface area (Å²) in [6, 6.07) is 17.5. The standard InChI is InChI=1S/C28H25FN2O3S/c29-21-11-7-20(8-12-21)18-34-22-13-9-19(10-14-22)16-31-28-26(24-5-1-2-6-25(24)35-28)27(32)30-17-23-4-3-15-33-23/h3-4,7-16H,1-2,5-6,17-18H2,(H,30,32). The van der Waals surface area contributed by atoms with Crippen LogP contribution in [-0.2, 0) is 26.0 Å². The highest BCUT2D eigenvalue weighted by Gasteiger charge is 2.25. The Morgan fingerprint density at radius 1 is 1.09 bits per heavy atom. The first-order chi connectivity index (χ1) is 17.2. The Labute approximate surface area is 207 Å². The van der Waals surface area contributed by atoms with Gasteiger partial charge in [-0.15, -0.1) is 11.3 Å². The van der Waals surface area contributed by atoms with Crippen LogP contribution in [0.1, 0.15) is 50.5 Å². The van der Waals surface area contributed by atoms with Crippen LogP contribution in [0, 0.1) is 5.82 Å². The van der Waals surface area contributed by atoms with Gasteiger partial charge in [-0.25, -0.2) is 9.38 Å². The molecule has 0 saturated carbocycles. The second-order valence-corrected chi connectivity index (χ2v) is 9.48. The van der Waals surface area contributed by atoms with E-state index >= 15 is 0 Å². The maximum atomic E-state index is 13.1. The summed E-state index contributed by atoms with van der Waals surface area (Å²) in [5.74, 6) is 1.06. The summed E-state index contributed by atoms with van der Waals surface area (Å²) in [5.41, 5.74) is 3.63. The Balaban J connectivity index is 1.28. The number of carbonyl (C=O) groups excluding carboxylic acids is 1. The minimum absolute atomic E-state index is 0.113. The summed E-state index contributed by atoms with van der Waals surface area (Å²) in [4.78, 5) is 19.1. The molecule has 1 aliphatic carbocycles. The quantitative estimate of drug-likeness (QED) is 0.284. The van der Waals surface area contributed by atoms with Crippen molar-refractivity contribution >= 4 is 28.5 Å². The molecule has 0 radical (unpaired) electrons. The minimum Gasteiger partial charge on any atom is -0.489 e. The Hall–Kier alpha value is -3.71. The summed E-state index contributed by atoms with van der Waals surface area (Å²) in [6.07, 6.45) is 7.51. The van der Waals surface area contributed by atoms with Gasteiger partial charge in [0.2, 0.25) is 0 Å². The van der Waals surface area contributed by atoms with Crippen molar-refractivity contribution in [1.82, 2.24) is 5.32 Å². The van der Waals surface area contributed by atoms with Gasteiger partial charge in [-0.3, -0.25) is 4.79 Å². The summed E-state index contributed by atoms with van der Waals surface area (Å²) in [6.45, 7) is 0.712. The first-order valence-electron chi connectivity index (χ1n) is 11.6. The minimum atomic E-state index is -0.262. The zero-order valence-electron chi connectivity index (χ0n) is 19.1. The third-order valence-corrected chi connectivity index (χ3v) is 7.11. The number of furan rings is 1. The number of rotatable bonds is 8. The Morgan fingerprint density at radius 2 is 1.89 bits per heavy atom. The lowest BCUT2D eigenvalue weighted by atomic mass is 9.95. The number of carbonyl (C=O) groups is 1. The fraction of sp³-hybridized carbons (Fsp3) is 0.214. The van der Waals surface area contributed by atoms with Crippen LogP contribution in [0.3, 0.4) is 0 Å². The monoisotopic (exact) mass is 488 g/mol. The zero-order valence-corrected chi connectivity index (χ0v) is 19.9. The van der Waals surface area contributed by atoms with Gasteiger partial charge >= 0.3 is 0 Å². The van der Waals surface area contributed by atoms with Crippen molar-refractivity contribution in [3.8, 4) is 5.75 Å². The molecule has 1 aliphatic rings. The van der Waals surface area contributed by atoms with Crippen LogP contribution < -0.4 is 10.1 Å². The molecule has 0 saturated heterocycles. The predicted octanol–water partition coefficient (Wildman–Crippen LogP) is 6.62. The van der Waals surface area contributed by atoms with E-state index in [-0.39, 0.29) is 11.7 Å². The van der Waals surface area contributed by atoms with E-state index in [1.54, 1.807) is 35.9 Å². The second kappa shape index (κ2) is 10.7. The third kappa shape index (κ3) is 5.69. The number of halogens is 1. The van der Waals surface area contributed by atoms with Gasteiger partial charge in [-0.1, -0.05) is 12.1 Å². The van der Waals surface area contributed by atoms with Crippen LogP contribution in [0.4, 0.5) is 9.39 Å². The number of ether oxygens (including phenoxy) is 1. The van der Waals surface area contributed by atoms with E-state index < -0.39 is 0 Å². The number of hydrogen-bond acceptors (Lipinski definition) is 5. The number of amides is 1. The molecule has 0 unspecified atom stereocenters. The molecule has 35 heavy (non-hydrogen) atoms. The van der Waals surface area contributed by atoms with Crippen molar-refractivity contribution in [2.75, 3.05) is 0 Å². The average molecular weight is 489 g/mol. The van der Waals surface area contributed by atoms with Crippen LogP contribution >= 0.6 is 11.3 Å². The maximum absolute atomic E-state index is 13.1. The van der Waals surface area contributed by atoms with Crippen molar-refractivity contribution in [2.24, 2.45) is 4.99 Å². The summed E-state index contributed by atoms with van der Waals surface area (Å²) < 4.78 is 24.2. The third-order valence-electron chi connectivity index (χ3n) is 5.91. The van der Waals surface area contributed by atoms with Crippen molar-refractivity contribution < 1.29 is 18.3 Å². The van der Waals surface area contributed by atoms with Gasteiger partial charge in [-0.2, -0.15) is 0 Å². The van der Waals surface area contributed by atoms with Gasteiger partial charge in [0, 0.05) is 11.1 Å².